The van der Waals surface area contributed by atoms with Gasteiger partial charge in [0.25, 0.3) is 0 Å². The molecule has 5 heteroatoms. The Kier molecular flexibility index (Phi) is 9.43. The highest BCUT2D eigenvalue weighted by Crippen LogP contribution is 2.03. The zero-order valence-electron chi connectivity index (χ0n) is 10.8. The topological polar surface area (TPSA) is 81.4 Å². The van der Waals surface area contributed by atoms with Crippen LogP contribution in [0.3, 0.4) is 0 Å². The summed E-state index contributed by atoms with van der Waals surface area (Å²) < 4.78 is 5.09. The maximum atomic E-state index is 11.7. The molecule has 0 aromatic rings. The Morgan fingerprint density at radius 1 is 1.29 bits per heavy atom. The Morgan fingerprint density at radius 3 is 2.53 bits per heavy atom. The Bertz CT molecular complexity index is 232. The van der Waals surface area contributed by atoms with Crippen molar-refractivity contribution in [2.45, 2.75) is 52.0 Å². The predicted octanol–water partition coefficient (Wildman–Crippen LogP) is 0.963. The van der Waals surface area contributed by atoms with Crippen molar-refractivity contribution >= 4 is 11.9 Å². The van der Waals surface area contributed by atoms with Crippen LogP contribution in [0.2, 0.25) is 0 Å². The molecule has 17 heavy (non-hydrogen) atoms. The summed E-state index contributed by atoms with van der Waals surface area (Å²) in [6, 6.07) is -0.532. The minimum atomic E-state index is -0.532. The van der Waals surface area contributed by atoms with Crippen LogP contribution in [-0.4, -0.2) is 31.1 Å². The molecule has 0 heterocycles. The Labute approximate surface area is 103 Å². The van der Waals surface area contributed by atoms with Gasteiger partial charge in [-0.3, -0.25) is 4.79 Å². The molecule has 0 saturated heterocycles. The van der Waals surface area contributed by atoms with Gasteiger partial charge in [-0.25, -0.2) is 4.79 Å². The van der Waals surface area contributed by atoms with E-state index in [1.54, 1.807) is 0 Å². The molecule has 1 atom stereocenters. The van der Waals surface area contributed by atoms with Crippen LogP contribution >= 0.6 is 0 Å². The molecule has 5 nitrogen and oxygen atoms in total. The molecule has 0 aliphatic rings. The summed E-state index contributed by atoms with van der Waals surface area (Å²) in [5.41, 5.74) is 5.39. The first kappa shape index (κ1) is 15.9. The second kappa shape index (κ2) is 10.1. The van der Waals surface area contributed by atoms with E-state index in [-0.39, 0.29) is 11.9 Å². The number of nitrogens with two attached hydrogens (primary N) is 1. The molecule has 0 radical (unpaired) electrons. The minimum absolute atomic E-state index is 0.213. The van der Waals surface area contributed by atoms with E-state index in [0.29, 0.717) is 19.6 Å². The number of ether oxygens (including phenoxy) is 1. The number of amides is 1. The second-order valence-electron chi connectivity index (χ2n) is 4.06. The molecule has 0 spiro atoms. The quantitative estimate of drug-likeness (QED) is 0.467. The molecule has 0 rings (SSSR count). The lowest BCUT2D eigenvalue weighted by atomic mass is 10.1. The first-order chi connectivity index (χ1) is 8.11. The van der Waals surface area contributed by atoms with E-state index in [4.69, 9.17) is 10.5 Å². The van der Waals surface area contributed by atoms with Crippen molar-refractivity contribution in [3.05, 3.63) is 0 Å². The van der Waals surface area contributed by atoms with Gasteiger partial charge in [0, 0.05) is 6.92 Å². The van der Waals surface area contributed by atoms with Crippen LogP contribution in [0.1, 0.15) is 46.0 Å². The fraction of sp³-hybridized carbons (Fsp3) is 0.833. The van der Waals surface area contributed by atoms with Gasteiger partial charge in [0.1, 0.15) is 6.04 Å². The lowest BCUT2D eigenvalue weighted by molar-refractivity contribution is -0.148. The molecule has 0 aromatic heterocycles. The Balaban J connectivity index is 4.05. The van der Waals surface area contributed by atoms with Gasteiger partial charge in [-0.2, -0.15) is 0 Å². The normalized spacial score (nSPS) is 11.9. The van der Waals surface area contributed by atoms with Gasteiger partial charge in [0.15, 0.2) is 0 Å². The van der Waals surface area contributed by atoms with E-state index < -0.39 is 6.04 Å². The number of carbonyl (C=O) groups is 2. The first-order valence-electron chi connectivity index (χ1n) is 6.25. The fourth-order valence-electron chi connectivity index (χ4n) is 1.40. The summed E-state index contributed by atoms with van der Waals surface area (Å²) in [5, 5.41) is 2.61. The summed E-state index contributed by atoms with van der Waals surface area (Å²) in [5.74, 6) is -0.555. The molecule has 0 unspecified atom stereocenters. The summed E-state index contributed by atoms with van der Waals surface area (Å²) in [6.07, 6.45) is 4.07. The van der Waals surface area contributed by atoms with Gasteiger partial charge >= 0.3 is 5.97 Å². The predicted molar refractivity (Wildman–Crippen MR) is 66.4 cm³/mol. The molecule has 0 aromatic carbocycles. The average Bonchev–Trinajstić information content (AvgIpc) is 2.27. The van der Waals surface area contributed by atoms with E-state index >= 15 is 0 Å². The summed E-state index contributed by atoms with van der Waals surface area (Å²) >= 11 is 0. The SMILES string of the molecule is CCCCOC(=O)[C@H](CCCCN)NC(C)=O. The van der Waals surface area contributed by atoms with Gasteiger partial charge in [-0.1, -0.05) is 13.3 Å². The third kappa shape index (κ3) is 8.68. The molecule has 1 amide bonds. The van der Waals surface area contributed by atoms with Crippen LogP contribution in [0.5, 0.6) is 0 Å². The molecule has 100 valence electrons. The van der Waals surface area contributed by atoms with Crippen molar-refractivity contribution < 1.29 is 14.3 Å². The van der Waals surface area contributed by atoms with E-state index in [1.165, 1.54) is 6.92 Å². The molecule has 0 fully saturated rings. The number of esters is 1. The van der Waals surface area contributed by atoms with Crippen molar-refractivity contribution in [3.63, 3.8) is 0 Å². The number of carbonyl (C=O) groups excluding carboxylic acids is 2. The van der Waals surface area contributed by atoms with E-state index in [1.807, 2.05) is 6.92 Å². The van der Waals surface area contributed by atoms with Gasteiger partial charge < -0.3 is 15.8 Å². The van der Waals surface area contributed by atoms with Crippen LogP contribution in [-0.2, 0) is 14.3 Å². The van der Waals surface area contributed by atoms with Crippen molar-refractivity contribution in [2.24, 2.45) is 5.73 Å². The first-order valence-corrected chi connectivity index (χ1v) is 6.25. The highest BCUT2D eigenvalue weighted by Gasteiger charge is 2.20. The average molecular weight is 244 g/mol. The summed E-state index contributed by atoms with van der Waals surface area (Å²) in [7, 11) is 0. The number of hydrogen-bond donors (Lipinski definition) is 2. The monoisotopic (exact) mass is 244 g/mol. The van der Waals surface area contributed by atoms with E-state index in [0.717, 1.165) is 25.7 Å². The summed E-state index contributed by atoms with van der Waals surface area (Å²) in [6.45, 7) is 4.44. The zero-order valence-corrected chi connectivity index (χ0v) is 10.8. The highest BCUT2D eigenvalue weighted by atomic mass is 16.5. The minimum Gasteiger partial charge on any atom is -0.464 e. The third-order valence-electron chi connectivity index (χ3n) is 2.35. The van der Waals surface area contributed by atoms with Crippen LogP contribution in [0.25, 0.3) is 0 Å². The second-order valence-corrected chi connectivity index (χ2v) is 4.06. The van der Waals surface area contributed by atoms with E-state index in [9.17, 15) is 9.59 Å². The molecular weight excluding hydrogens is 220 g/mol. The number of hydrogen-bond acceptors (Lipinski definition) is 4. The Morgan fingerprint density at radius 2 is 2.00 bits per heavy atom. The maximum absolute atomic E-state index is 11.7. The van der Waals surface area contributed by atoms with Crippen LogP contribution in [0.15, 0.2) is 0 Å². The molecule has 0 aliphatic carbocycles. The van der Waals surface area contributed by atoms with Crippen molar-refractivity contribution in [1.29, 1.82) is 0 Å². The van der Waals surface area contributed by atoms with Crippen molar-refractivity contribution in [2.75, 3.05) is 13.2 Å². The fourth-order valence-corrected chi connectivity index (χ4v) is 1.40. The third-order valence-corrected chi connectivity index (χ3v) is 2.35. The lowest BCUT2D eigenvalue weighted by Crippen LogP contribution is -2.40. The Hall–Kier alpha value is -1.10. The van der Waals surface area contributed by atoms with E-state index in [2.05, 4.69) is 5.32 Å². The number of rotatable bonds is 9. The van der Waals surface area contributed by atoms with Gasteiger partial charge in [-0.05, 0) is 32.2 Å². The standard InChI is InChI=1S/C12H24N2O3/c1-3-4-9-17-12(16)11(14-10(2)15)7-5-6-8-13/h11H,3-9,13H2,1-2H3,(H,14,15)/t11-/m0/s1. The summed E-state index contributed by atoms with van der Waals surface area (Å²) in [4.78, 5) is 22.7. The van der Waals surface area contributed by atoms with Gasteiger partial charge in [0.05, 0.1) is 6.61 Å². The van der Waals surface area contributed by atoms with Gasteiger partial charge in [-0.15, -0.1) is 0 Å². The largest absolute Gasteiger partial charge is 0.464 e. The maximum Gasteiger partial charge on any atom is 0.328 e. The van der Waals surface area contributed by atoms with Crippen molar-refractivity contribution in [1.82, 2.24) is 5.32 Å². The molecule has 0 saturated carbocycles. The number of unbranched alkanes of at least 4 members (excludes halogenated alkanes) is 2. The van der Waals surface area contributed by atoms with Crippen LogP contribution in [0.4, 0.5) is 0 Å². The van der Waals surface area contributed by atoms with Crippen molar-refractivity contribution in [3.8, 4) is 0 Å². The smallest absolute Gasteiger partial charge is 0.328 e. The molecule has 3 N–H and O–H groups in total. The lowest BCUT2D eigenvalue weighted by Gasteiger charge is -2.16. The molecule has 0 bridgehead atoms. The highest BCUT2D eigenvalue weighted by molar-refractivity contribution is 5.83. The van der Waals surface area contributed by atoms with Gasteiger partial charge in [0.2, 0.25) is 5.91 Å². The zero-order chi connectivity index (χ0) is 13.1. The van der Waals surface area contributed by atoms with Crippen LogP contribution in [0, 0.1) is 0 Å². The molecule has 0 aliphatic heterocycles. The molecular formula is C12H24N2O3. The number of nitrogens with one attached hydrogen (secondary N) is 1. The van der Waals surface area contributed by atoms with Crippen LogP contribution < -0.4 is 11.1 Å².